The molecule has 1 atom stereocenters. The van der Waals surface area contributed by atoms with Gasteiger partial charge in [0.2, 0.25) is 0 Å². The van der Waals surface area contributed by atoms with Crippen molar-refractivity contribution in [3.63, 3.8) is 0 Å². The van der Waals surface area contributed by atoms with Crippen molar-refractivity contribution in [1.82, 2.24) is 10.2 Å². The predicted octanol–water partition coefficient (Wildman–Crippen LogP) is 1.01. The van der Waals surface area contributed by atoms with Crippen LogP contribution in [0.4, 0.5) is 10.5 Å². The summed E-state index contributed by atoms with van der Waals surface area (Å²) in [6.07, 6.45) is 0. The second-order valence-corrected chi connectivity index (χ2v) is 5.33. The Labute approximate surface area is 117 Å². The Morgan fingerprint density at radius 1 is 1.42 bits per heavy atom. The van der Waals surface area contributed by atoms with E-state index in [1.165, 1.54) is 0 Å². The zero-order valence-electron chi connectivity index (χ0n) is 10.6. The smallest absolute Gasteiger partial charge is 0.317 e. The van der Waals surface area contributed by atoms with Crippen LogP contribution in [0, 0.1) is 0 Å². The molecule has 3 rings (SSSR count). The summed E-state index contributed by atoms with van der Waals surface area (Å²) >= 11 is 6.20. The lowest BCUT2D eigenvalue weighted by atomic mass is 10.1. The van der Waals surface area contributed by atoms with E-state index in [0.717, 1.165) is 30.9 Å². The molecule has 1 aromatic carbocycles. The topological polar surface area (TPSA) is 61.6 Å². The average molecular weight is 281 g/mol. The third kappa shape index (κ3) is 2.13. The van der Waals surface area contributed by atoms with E-state index in [9.17, 15) is 4.79 Å². The van der Waals surface area contributed by atoms with E-state index in [0.29, 0.717) is 18.1 Å². The molecule has 1 aromatic rings. The fourth-order valence-electron chi connectivity index (χ4n) is 2.87. The van der Waals surface area contributed by atoms with E-state index in [1.54, 1.807) is 0 Å². The number of hydrogen-bond donors (Lipinski definition) is 2. The molecule has 0 saturated carbocycles. The Bertz CT molecular complexity index is 507. The van der Waals surface area contributed by atoms with Gasteiger partial charge in [-0.05, 0) is 12.1 Å². The Morgan fingerprint density at radius 3 is 3.05 bits per heavy atom. The summed E-state index contributed by atoms with van der Waals surface area (Å²) < 4.78 is 0. The van der Waals surface area contributed by atoms with Crippen LogP contribution in [0.25, 0.3) is 0 Å². The molecule has 0 bridgehead atoms. The molecule has 3 N–H and O–H groups in total. The van der Waals surface area contributed by atoms with Gasteiger partial charge in [0.1, 0.15) is 0 Å². The van der Waals surface area contributed by atoms with Gasteiger partial charge in [-0.3, -0.25) is 0 Å². The molecular formula is C13H17ClN4O. The molecule has 102 valence electrons. The van der Waals surface area contributed by atoms with Crippen LogP contribution in [-0.2, 0) is 6.54 Å². The largest absolute Gasteiger partial charge is 0.367 e. The van der Waals surface area contributed by atoms with Crippen molar-refractivity contribution in [3.8, 4) is 0 Å². The summed E-state index contributed by atoms with van der Waals surface area (Å²) in [5.41, 5.74) is 7.87. The zero-order chi connectivity index (χ0) is 13.4. The maximum Gasteiger partial charge on any atom is 0.317 e. The highest BCUT2D eigenvalue weighted by molar-refractivity contribution is 6.31. The number of piperazine rings is 1. The number of carbonyl (C=O) groups excluding carboxylic acids is 1. The number of halogens is 1. The molecule has 0 spiro atoms. The first-order chi connectivity index (χ1) is 9.20. The first kappa shape index (κ1) is 12.6. The third-order valence-corrected chi connectivity index (χ3v) is 4.23. The number of urea groups is 1. The number of rotatable bonds is 2. The molecule has 2 aliphatic heterocycles. The van der Waals surface area contributed by atoms with E-state index < -0.39 is 0 Å². The highest BCUT2D eigenvalue weighted by atomic mass is 35.5. The number of benzene rings is 1. The van der Waals surface area contributed by atoms with Crippen molar-refractivity contribution in [3.05, 3.63) is 28.8 Å². The molecule has 2 heterocycles. The molecule has 19 heavy (non-hydrogen) atoms. The van der Waals surface area contributed by atoms with E-state index in [-0.39, 0.29) is 12.1 Å². The number of nitrogens with one attached hydrogen (secondary N) is 1. The molecule has 0 aliphatic carbocycles. The number of hydrogen-bond acceptors (Lipinski definition) is 3. The number of anilines is 1. The lowest BCUT2D eigenvalue weighted by Crippen LogP contribution is -2.52. The van der Waals surface area contributed by atoms with Crippen molar-refractivity contribution in [2.75, 3.05) is 31.1 Å². The number of nitrogens with two attached hydrogens (primary N) is 1. The van der Waals surface area contributed by atoms with E-state index in [1.807, 2.05) is 23.1 Å². The standard InChI is InChI=1S/C13H17ClN4O/c14-11-2-1-3-12(10(11)6-15)17-4-5-18-9(8-17)7-16-13(18)19/h1-3,9H,4-8,15H2,(H,16,19). The molecule has 6 heteroatoms. The van der Waals surface area contributed by atoms with Gasteiger partial charge < -0.3 is 20.9 Å². The highest BCUT2D eigenvalue weighted by Gasteiger charge is 2.35. The zero-order valence-corrected chi connectivity index (χ0v) is 11.4. The maximum atomic E-state index is 11.6. The summed E-state index contributed by atoms with van der Waals surface area (Å²) in [6, 6.07) is 6.15. The highest BCUT2D eigenvalue weighted by Crippen LogP contribution is 2.29. The van der Waals surface area contributed by atoms with Crippen molar-refractivity contribution in [2.24, 2.45) is 5.73 Å². The fourth-order valence-corrected chi connectivity index (χ4v) is 3.12. The molecule has 0 aromatic heterocycles. The molecule has 0 radical (unpaired) electrons. The Balaban J connectivity index is 1.84. The van der Waals surface area contributed by atoms with Crippen LogP contribution in [-0.4, -0.2) is 43.2 Å². The van der Waals surface area contributed by atoms with Gasteiger partial charge in [0.25, 0.3) is 0 Å². The summed E-state index contributed by atoms with van der Waals surface area (Å²) in [5.74, 6) is 0. The van der Waals surface area contributed by atoms with Crippen LogP contribution in [0.15, 0.2) is 18.2 Å². The van der Waals surface area contributed by atoms with Crippen LogP contribution in [0.2, 0.25) is 5.02 Å². The summed E-state index contributed by atoms with van der Waals surface area (Å²) in [6.45, 7) is 3.53. The minimum atomic E-state index is 0.0507. The average Bonchev–Trinajstić information content (AvgIpc) is 2.79. The fraction of sp³-hybridized carbons (Fsp3) is 0.462. The Hall–Kier alpha value is -1.46. The molecule has 2 saturated heterocycles. The maximum absolute atomic E-state index is 11.6. The SMILES string of the molecule is NCc1c(Cl)cccc1N1CCN2C(=O)NCC2C1. The quantitative estimate of drug-likeness (QED) is 0.850. The van der Waals surface area contributed by atoms with Crippen molar-refractivity contribution >= 4 is 23.3 Å². The van der Waals surface area contributed by atoms with Gasteiger partial charge >= 0.3 is 6.03 Å². The summed E-state index contributed by atoms with van der Waals surface area (Å²) in [5, 5.41) is 3.59. The normalized spacial score (nSPS) is 22.4. The predicted molar refractivity (Wildman–Crippen MR) is 75.4 cm³/mol. The second-order valence-electron chi connectivity index (χ2n) is 4.92. The van der Waals surface area contributed by atoms with Crippen LogP contribution in [0.5, 0.6) is 0 Å². The van der Waals surface area contributed by atoms with E-state index >= 15 is 0 Å². The number of carbonyl (C=O) groups is 1. The monoisotopic (exact) mass is 280 g/mol. The van der Waals surface area contributed by atoms with Crippen molar-refractivity contribution in [1.29, 1.82) is 0 Å². The summed E-state index contributed by atoms with van der Waals surface area (Å²) in [4.78, 5) is 15.8. The molecule has 1 unspecified atom stereocenters. The van der Waals surface area contributed by atoms with Crippen LogP contribution >= 0.6 is 11.6 Å². The minimum Gasteiger partial charge on any atom is -0.367 e. The Morgan fingerprint density at radius 2 is 2.26 bits per heavy atom. The van der Waals surface area contributed by atoms with Gasteiger partial charge in [-0.15, -0.1) is 0 Å². The van der Waals surface area contributed by atoms with Gasteiger partial charge in [0.15, 0.2) is 0 Å². The number of nitrogens with zero attached hydrogens (tertiary/aromatic N) is 2. The van der Waals surface area contributed by atoms with Crippen molar-refractivity contribution < 1.29 is 4.79 Å². The van der Waals surface area contributed by atoms with Gasteiger partial charge in [0.05, 0.1) is 6.04 Å². The molecular weight excluding hydrogens is 264 g/mol. The van der Waals surface area contributed by atoms with Gasteiger partial charge in [0, 0.05) is 49.0 Å². The van der Waals surface area contributed by atoms with Gasteiger partial charge in [-0.1, -0.05) is 17.7 Å². The van der Waals surface area contributed by atoms with Crippen LogP contribution in [0.1, 0.15) is 5.56 Å². The summed E-state index contributed by atoms with van der Waals surface area (Å²) in [7, 11) is 0. The molecule has 2 aliphatic rings. The second kappa shape index (κ2) is 4.90. The van der Waals surface area contributed by atoms with Crippen LogP contribution in [0.3, 0.4) is 0 Å². The van der Waals surface area contributed by atoms with E-state index in [2.05, 4.69) is 10.2 Å². The van der Waals surface area contributed by atoms with Gasteiger partial charge in [-0.2, -0.15) is 0 Å². The first-order valence-corrected chi connectivity index (χ1v) is 6.85. The van der Waals surface area contributed by atoms with Gasteiger partial charge in [-0.25, -0.2) is 4.79 Å². The first-order valence-electron chi connectivity index (χ1n) is 6.47. The number of amides is 2. The molecule has 2 fully saturated rings. The lowest BCUT2D eigenvalue weighted by molar-refractivity contribution is 0.197. The Kier molecular flexibility index (Phi) is 3.24. The third-order valence-electron chi connectivity index (χ3n) is 3.87. The van der Waals surface area contributed by atoms with E-state index in [4.69, 9.17) is 17.3 Å². The molecule has 2 amide bonds. The van der Waals surface area contributed by atoms with Crippen molar-refractivity contribution in [2.45, 2.75) is 12.6 Å². The van der Waals surface area contributed by atoms with Crippen LogP contribution < -0.4 is 16.0 Å². The number of fused-ring (bicyclic) bond motifs is 1. The lowest BCUT2D eigenvalue weighted by Gasteiger charge is -2.38. The minimum absolute atomic E-state index is 0.0507. The molecule has 5 nitrogen and oxygen atoms in total.